The number of thioether (sulfide) groups is 1. The molecule has 0 bridgehead atoms. The van der Waals surface area contributed by atoms with Gasteiger partial charge in [-0.05, 0) is 67.1 Å². The molecule has 0 aliphatic carbocycles. The summed E-state index contributed by atoms with van der Waals surface area (Å²) < 4.78 is 6.28. The molecule has 6 heteroatoms. The van der Waals surface area contributed by atoms with Crippen molar-refractivity contribution in [2.45, 2.75) is 13.8 Å². The second-order valence-electron chi connectivity index (χ2n) is 5.66. The van der Waals surface area contributed by atoms with Crippen molar-refractivity contribution in [3.05, 3.63) is 62.5 Å². The van der Waals surface area contributed by atoms with Gasteiger partial charge in [-0.2, -0.15) is 0 Å². The number of ether oxygens (including phenoxy) is 1. The highest BCUT2D eigenvalue weighted by Gasteiger charge is 2.24. The maximum Gasteiger partial charge on any atom is 0.264 e. The molecule has 1 saturated heterocycles. The summed E-state index contributed by atoms with van der Waals surface area (Å²) in [7, 11) is 1.61. The number of nitrogens with zero attached hydrogens (tertiary/aromatic N) is 1. The lowest BCUT2D eigenvalue weighted by Crippen LogP contribution is -2.19. The Morgan fingerprint density at radius 2 is 2.00 bits per heavy atom. The predicted octanol–water partition coefficient (Wildman–Crippen LogP) is 4.97. The minimum absolute atomic E-state index is 0.156. The number of carbonyl (C=O) groups excluding carboxylic acids is 1. The van der Waals surface area contributed by atoms with Crippen molar-refractivity contribution in [2.75, 3.05) is 7.11 Å². The van der Waals surface area contributed by atoms with Gasteiger partial charge in [0.15, 0.2) is 5.17 Å². The molecule has 0 saturated carbocycles. The second kappa shape index (κ2) is 7.45. The number of hydrogen-bond acceptors (Lipinski definition) is 4. The normalized spacial score (nSPS) is 17.2. The lowest BCUT2D eigenvalue weighted by molar-refractivity contribution is -0.115. The van der Waals surface area contributed by atoms with Crippen LogP contribution in [0.15, 0.2) is 50.8 Å². The number of rotatable bonds is 3. The molecule has 0 spiro atoms. The molecule has 1 fully saturated rings. The summed E-state index contributed by atoms with van der Waals surface area (Å²) in [5.41, 5.74) is 3.90. The molecule has 128 valence electrons. The smallest absolute Gasteiger partial charge is 0.264 e. The molecule has 2 aromatic rings. The van der Waals surface area contributed by atoms with E-state index in [9.17, 15) is 4.79 Å². The molecule has 4 nitrogen and oxygen atoms in total. The van der Waals surface area contributed by atoms with Crippen molar-refractivity contribution in [2.24, 2.45) is 4.99 Å². The lowest BCUT2D eigenvalue weighted by Gasteiger charge is -2.05. The largest absolute Gasteiger partial charge is 0.496 e. The van der Waals surface area contributed by atoms with E-state index in [0.29, 0.717) is 15.8 Å². The SMILES string of the molecule is COc1ccc(Br)cc1/C=C1\SC(=Nc2cc(C)ccc2C)NC1=O. The van der Waals surface area contributed by atoms with E-state index in [-0.39, 0.29) is 5.91 Å². The molecule has 0 aromatic heterocycles. The zero-order valence-electron chi connectivity index (χ0n) is 14.1. The molecule has 0 radical (unpaired) electrons. The lowest BCUT2D eigenvalue weighted by atomic mass is 10.1. The van der Waals surface area contributed by atoms with Gasteiger partial charge >= 0.3 is 0 Å². The predicted molar refractivity (Wildman–Crippen MR) is 107 cm³/mol. The molecule has 1 heterocycles. The Morgan fingerprint density at radius 3 is 2.76 bits per heavy atom. The van der Waals surface area contributed by atoms with E-state index >= 15 is 0 Å². The van der Waals surface area contributed by atoms with Gasteiger partial charge in [0.25, 0.3) is 5.91 Å². The van der Waals surface area contributed by atoms with Gasteiger partial charge < -0.3 is 10.1 Å². The molecule has 0 unspecified atom stereocenters. The summed E-state index contributed by atoms with van der Waals surface area (Å²) in [6.07, 6.45) is 1.81. The number of amides is 1. The number of amidine groups is 1. The van der Waals surface area contributed by atoms with Gasteiger partial charge in [0.2, 0.25) is 0 Å². The number of aryl methyl sites for hydroxylation is 2. The second-order valence-corrected chi connectivity index (χ2v) is 7.60. The van der Waals surface area contributed by atoms with Crippen LogP contribution in [0.4, 0.5) is 5.69 Å². The van der Waals surface area contributed by atoms with Crippen molar-refractivity contribution >= 4 is 50.5 Å². The first-order valence-electron chi connectivity index (χ1n) is 7.66. The van der Waals surface area contributed by atoms with Crippen LogP contribution in [0.1, 0.15) is 16.7 Å². The number of aliphatic imine (C=N–C) groups is 1. The molecule has 3 rings (SSSR count). The van der Waals surface area contributed by atoms with Crippen LogP contribution in [0.3, 0.4) is 0 Å². The van der Waals surface area contributed by atoms with Crippen LogP contribution >= 0.6 is 27.7 Å². The summed E-state index contributed by atoms with van der Waals surface area (Å²) in [5, 5.41) is 3.41. The van der Waals surface area contributed by atoms with Crippen molar-refractivity contribution in [1.82, 2.24) is 5.32 Å². The first-order chi connectivity index (χ1) is 12.0. The van der Waals surface area contributed by atoms with E-state index in [1.807, 2.05) is 56.3 Å². The molecular formula is C19H17BrN2O2S. The summed E-state index contributed by atoms with van der Waals surface area (Å²) >= 11 is 4.77. The Bertz CT molecular complexity index is 906. The number of hydrogen-bond donors (Lipinski definition) is 1. The van der Waals surface area contributed by atoms with Gasteiger partial charge in [-0.15, -0.1) is 0 Å². The summed E-state index contributed by atoms with van der Waals surface area (Å²) in [4.78, 5) is 17.5. The third kappa shape index (κ3) is 4.14. The number of halogens is 1. The molecule has 1 aliphatic rings. The zero-order valence-corrected chi connectivity index (χ0v) is 16.5. The fraction of sp³-hybridized carbons (Fsp3) is 0.158. The van der Waals surface area contributed by atoms with Crippen LogP contribution in [0.5, 0.6) is 5.75 Å². The van der Waals surface area contributed by atoms with E-state index in [4.69, 9.17) is 4.74 Å². The first kappa shape index (κ1) is 17.8. The molecule has 1 N–H and O–H groups in total. The molecule has 0 atom stereocenters. The summed E-state index contributed by atoms with van der Waals surface area (Å²) in [6, 6.07) is 11.8. The van der Waals surface area contributed by atoms with Gasteiger partial charge in [0, 0.05) is 10.0 Å². The van der Waals surface area contributed by atoms with Gasteiger partial charge in [0.1, 0.15) is 5.75 Å². The Labute approximate surface area is 159 Å². The van der Waals surface area contributed by atoms with Crippen LogP contribution in [0.25, 0.3) is 6.08 Å². The summed E-state index contributed by atoms with van der Waals surface area (Å²) in [6.45, 7) is 4.03. The molecule has 2 aromatic carbocycles. The highest BCUT2D eigenvalue weighted by Crippen LogP contribution is 2.32. The average Bonchev–Trinajstić information content (AvgIpc) is 2.91. The molecule has 25 heavy (non-hydrogen) atoms. The van der Waals surface area contributed by atoms with Crippen LogP contribution in [0.2, 0.25) is 0 Å². The number of methoxy groups -OCH3 is 1. The van der Waals surface area contributed by atoms with Crippen LogP contribution in [0, 0.1) is 13.8 Å². The number of carbonyl (C=O) groups is 1. The monoisotopic (exact) mass is 416 g/mol. The highest BCUT2D eigenvalue weighted by molar-refractivity contribution is 9.10. The maximum atomic E-state index is 12.3. The van der Waals surface area contributed by atoms with Gasteiger partial charge in [0.05, 0.1) is 17.7 Å². The fourth-order valence-electron chi connectivity index (χ4n) is 2.39. The fourth-order valence-corrected chi connectivity index (χ4v) is 3.59. The van der Waals surface area contributed by atoms with E-state index in [1.54, 1.807) is 7.11 Å². The van der Waals surface area contributed by atoms with Crippen LogP contribution in [-0.4, -0.2) is 18.2 Å². The quantitative estimate of drug-likeness (QED) is 0.718. The van der Waals surface area contributed by atoms with E-state index < -0.39 is 0 Å². The van der Waals surface area contributed by atoms with Crippen molar-refractivity contribution in [1.29, 1.82) is 0 Å². The van der Waals surface area contributed by atoms with Crippen LogP contribution < -0.4 is 10.1 Å². The van der Waals surface area contributed by atoms with Crippen LogP contribution in [-0.2, 0) is 4.79 Å². The molecule has 1 aliphatic heterocycles. The van der Waals surface area contributed by atoms with Crippen molar-refractivity contribution in [3.8, 4) is 5.75 Å². The van der Waals surface area contributed by atoms with E-state index in [2.05, 4.69) is 26.2 Å². The van der Waals surface area contributed by atoms with E-state index in [0.717, 1.165) is 26.9 Å². The first-order valence-corrected chi connectivity index (χ1v) is 9.27. The average molecular weight is 417 g/mol. The number of nitrogens with one attached hydrogen (secondary N) is 1. The molecular weight excluding hydrogens is 400 g/mol. The number of benzene rings is 2. The van der Waals surface area contributed by atoms with Crippen molar-refractivity contribution < 1.29 is 9.53 Å². The third-order valence-corrected chi connectivity index (χ3v) is 5.12. The standard InChI is InChI=1S/C19H17BrN2O2S/c1-11-4-5-12(2)15(8-11)21-19-22-18(23)17(25-19)10-13-9-14(20)6-7-16(13)24-3/h4-10H,1-3H3,(H,21,22,23)/b17-10-. The van der Waals surface area contributed by atoms with E-state index in [1.165, 1.54) is 11.8 Å². The Morgan fingerprint density at radius 1 is 1.20 bits per heavy atom. The maximum absolute atomic E-state index is 12.3. The topological polar surface area (TPSA) is 50.7 Å². The van der Waals surface area contributed by atoms with Gasteiger partial charge in [-0.1, -0.05) is 28.1 Å². The van der Waals surface area contributed by atoms with Gasteiger partial charge in [-0.3, -0.25) is 4.79 Å². The Balaban J connectivity index is 1.92. The van der Waals surface area contributed by atoms with Crippen molar-refractivity contribution in [3.63, 3.8) is 0 Å². The van der Waals surface area contributed by atoms with Gasteiger partial charge in [-0.25, -0.2) is 4.99 Å². The summed E-state index contributed by atoms with van der Waals surface area (Å²) in [5.74, 6) is 0.556. The Hall–Kier alpha value is -2.05. The Kier molecular flexibility index (Phi) is 5.30. The molecule has 1 amide bonds. The minimum Gasteiger partial charge on any atom is -0.496 e. The highest BCUT2D eigenvalue weighted by atomic mass is 79.9. The third-order valence-electron chi connectivity index (χ3n) is 3.72. The minimum atomic E-state index is -0.156. The zero-order chi connectivity index (χ0) is 18.0.